The highest BCUT2D eigenvalue weighted by Gasteiger charge is 2.26. The molecule has 2 N–H and O–H groups in total. The number of fused-ring (bicyclic) bond motifs is 4. The SMILES string of the molecule is Clc1cccc2c1oc1cccc(-c3cc(C4=NC(c5ccccc5)NC(c5ccc(-c6ccccc6)cc5)N4)cc4ccccc34)c12. The first-order valence-electron chi connectivity index (χ1n) is 16.1. The van der Waals surface area contributed by atoms with Gasteiger partial charge in [-0.25, -0.2) is 4.99 Å². The topological polar surface area (TPSA) is 49.6 Å². The lowest BCUT2D eigenvalue weighted by Crippen LogP contribution is -2.45. The van der Waals surface area contributed by atoms with Crippen molar-refractivity contribution in [2.45, 2.75) is 12.3 Å². The van der Waals surface area contributed by atoms with E-state index >= 15 is 0 Å². The van der Waals surface area contributed by atoms with Crippen LogP contribution < -0.4 is 10.6 Å². The number of rotatable bonds is 5. The van der Waals surface area contributed by atoms with E-state index in [2.05, 4.69) is 138 Å². The summed E-state index contributed by atoms with van der Waals surface area (Å²) >= 11 is 6.59. The maximum Gasteiger partial charge on any atom is 0.154 e. The van der Waals surface area contributed by atoms with Gasteiger partial charge >= 0.3 is 0 Å². The fourth-order valence-corrected chi connectivity index (χ4v) is 7.10. The molecule has 0 radical (unpaired) electrons. The molecule has 5 heteroatoms. The molecule has 9 rings (SSSR count). The van der Waals surface area contributed by atoms with Crippen LogP contribution in [0.3, 0.4) is 0 Å². The molecule has 0 spiro atoms. The van der Waals surface area contributed by atoms with E-state index in [0.29, 0.717) is 10.6 Å². The van der Waals surface area contributed by atoms with Crippen LogP contribution in [0.2, 0.25) is 5.02 Å². The first-order valence-corrected chi connectivity index (χ1v) is 16.5. The highest BCUT2D eigenvalue weighted by Crippen LogP contribution is 2.41. The van der Waals surface area contributed by atoms with Crippen LogP contribution in [0, 0.1) is 0 Å². The molecule has 1 aliphatic rings. The Balaban J connectivity index is 1.19. The minimum atomic E-state index is -0.237. The lowest BCUT2D eigenvalue weighted by molar-refractivity contribution is 0.409. The van der Waals surface area contributed by atoms with Gasteiger partial charge in [0, 0.05) is 16.3 Å². The van der Waals surface area contributed by atoms with Crippen molar-refractivity contribution in [2.24, 2.45) is 4.99 Å². The third-order valence-electron chi connectivity index (χ3n) is 9.23. The minimum Gasteiger partial charge on any atom is -0.454 e. The summed E-state index contributed by atoms with van der Waals surface area (Å²) < 4.78 is 6.29. The second-order valence-electron chi connectivity index (χ2n) is 12.2. The van der Waals surface area contributed by atoms with Gasteiger partial charge in [0.2, 0.25) is 0 Å². The molecule has 8 aromatic rings. The highest BCUT2D eigenvalue weighted by atomic mass is 35.5. The zero-order valence-corrected chi connectivity index (χ0v) is 26.7. The van der Waals surface area contributed by atoms with Crippen molar-refractivity contribution in [1.29, 1.82) is 0 Å². The summed E-state index contributed by atoms with van der Waals surface area (Å²) in [7, 11) is 0. The first-order chi connectivity index (χ1) is 23.7. The fraction of sp³-hybridized carbons (Fsp3) is 0.0465. The number of hydrogen-bond acceptors (Lipinski definition) is 4. The Bertz CT molecular complexity index is 2470. The van der Waals surface area contributed by atoms with Gasteiger partial charge in [-0.3, -0.25) is 5.32 Å². The van der Waals surface area contributed by atoms with Crippen LogP contribution in [0.5, 0.6) is 0 Å². The van der Waals surface area contributed by atoms with Crippen LogP contribution in [-0.2, 0) is 0 Å². The maximum atomic E-state index is 6.59. The molecule has 1 aliphatic heterocycles. The molecule has 4 nitrogen and oxygen atoms in total. The Morgan fingerprint density at radius 2 is 1.27 bits per heavy atom. The van der Waals surface area contributed by atoms with E-state index in [1.54, 1.807) is 0 Å². The Labute approximate surface area is 283 Å². The molecule has 0 aliphatic carbocycles. The van der Waals surface area contributed by atoms with Crippen LogP contribution in [0.1, 0.15) is 29.0 Å². The van der Waals surface area contributed by atoms with Crippen molar-refractivity contribution >= 4 is 50.1 Å². The molecule has 2 atom stereocenters. The fourth-order valence-electron chi connectivity index (χ4n) is 6.89. The van der Waals surface area contributed by atoms with Crippen molar-refractivity contribution in [2.75, 3.05) is 0 Å². The summed E-state index contributed by atoms with van der Waals surface area (Å²) in [6.07, 6.45) is -0.398. The van der Waals surface area contributed by atoms with Crippen LogP contribution in [0.4, 0.5) is 0 Å². The average molecular weight is 640 g/mol. The van der Waals surface area contributed by atoms with Crippen molar-refractivity contribution in [3.8, 4) is 22.3 Å². The number of para-hydroxylation sites is 1. The van der Waals surface area contributed by atoms with Gasteiger partial charge < -0.3 is 9.73 Å². The van der Waals surface area contributed by atoms with E-state index in [1.807, 2.05) is 30.3 Å². The van der Waals surface area contributed by atoms with Gasteiger partial charge in [-0.1, -0.05) is 145 Å². The predicted octanol–water partition coefficient (Wildman–Crippen LogP) is 11.1. The third kappa shape index (κ3) is 5.03. The van der Waals surface area contributed by atoms with Gasteiger partial charge in [-0.05, 0) is 68.4 Å². The van der Waals surface area contributed by atoms with E-state index in [1.165, 1.54) is 11.1 Å². The molecular weight excluding hydrogens is 610 g/mol. The number of aliphatic imine (C=N–C) groups is 1. The van der Waals surface area contributed by atoms with Gasteiger partial charge in [0.25, 0.3) is 0 Å². The second-order valence-corrected chi connectivity index (χ2v) is 12.6. The third-order valence-corrected chi connectivity index (χ3v) is 9.53. The summed E-state index contributed by atoms with van der Waals surface area (Å²) in [6.45, 7) is 0. The molecule has 48 heavy (non-hydrogen) atoms. The Morgan fingerprint density at radius 1 is 0.562 bits per heavy atom. The molecular formula is C43H30ClN3O. The molecule has 1 aromatic heterocycles. The maximum absolute atomic E-state index is 6.59. The smallest absolute Gasteiger partial charge is 0.154 e. The number of halogens is 1. The van der Waals surface area contributed by atoms with Gasteiger partial charge in [-0.15, -0.1) is 0 Å². The molecule has 0 saturated heterocycles. The number of benzene rings is 7. The van der Waals surface area contributed by atoms with Crippen LogP contribution in [-0.4, -0.2) is 5.84 Å². The number of furan rings is 1. The summed E-state index contributed by atoms with van der Waals surface area (Å²) in [4.78, 5) is 5.28. The normalized spacial score (nSPS) is 16.2. The standard InChI is InChI=1S/C43H30ClN3O/c44-37-19-9-18-35-39-34(17-10-20-38(39)48-40(35)37)36-26-32(25-31-15-7-8-16-33(31)36)43-46-41(29-13-5-2-6-14-29)45-42(47-43)30-23-21-28(22-24-30)27-11-3-1-4-12-27/h1-26,41-42,45H,(H,46,47). The van der Waals surface area contributed by atoms with E-state index < -0.39 is 0 Å². The van der Waals surface area contributed by atoms with Crippen LogP contribution >= 0.6 is 11.6 Å². The van der Waals surface area contributed by atoms with Crippen LogP contribution in [0.25, 0.3) is 55.0 Å². The van der Waals surface area contributed by atoms with Gasteiger partial charge in [0.1, 0.15) is 23.8 Å². The zero-order chi connectivity index (χ0) is 32.0. The first kappa shape index (κ1) is 28.5. The Morgan fingerprint density at radius 3 is 2.10 bits per heavy atom. The Kier molecular flexibility index (Phi) is 7.04. The van der Waals surface area contributed by atoms with E-state index in [0.717, 1.165) is 60.8 Å². The molecule has 0 fully saturated rings. The van der Waals surface area contributed by atoms with E-state index in [4.69, 9.17) is 21.0 Å². The summed E-state index contributed by atoms with van der Waals surface area (Å²) in [5.74, 6) is 0.832. The van der Waals surface area contributed by atoms with Crippen molar-refractivity contribution in [1.82, 2.24) is 10.6 Å². The van der Waals surface area contributed by atoms with E-state index in [9.17, 15) is 0 Å². The average Bonchev–Trinajstić information content (AvgIpc) is 3.55. The largest absolute Gasteiger partial charge is 0.454 e. The lowest BCUT2D eigenvalue weighted by Gasteiger charge is -2.32. The molecule has 2 heterocycles. The number of amidine groups is 1. The molecule has 0 amide bonds. The molecule has 7 aromatic carbocycles. The van der Waals surface area contributed by atoms with Gasteiger partial charge in [0.05, 0.1) is 5.02 Å². The molecule has 2 unspecified atom stereocenters. The number of nitrogens with one attached hydrogen (secondary N) is 2. The van der Waals surface area contributed by atoms with E-state index in [-0.39, 0.29) is 12.3 Å². The van der Waals surface area contributed by atoms with Crippen LogP contribution in [0.15, 0.2) is 167 Å². The number of nitrogens with zero attached hydrogens (tertiary/aromatic N) is 1. The number of hydrogen-bond donors (Lipinski definition) is 2. The molecule has 230 valence electrons. The highest BCUT2D eigenvalue weighted by molar-refractivity contribution is 6.36. The van der Waals surface area contributed by atoms with Gasteiger partial charge in [-0.2, -0.15) is 0 Å². The quantitative estimate of drug-likeness (QED) is 0.197. The summed E-state index contributed by atoms with van der Waals surface area (Å²) in [5.41, 5.74) is 9.36. The molecule has 0 bridgehead atoms. The zero-order valence-electron chi connectivity index (χ0n) is 25.9. The molecule has 0 saturated carbocycles. The predicted molar refractivity (Wildman–Crippen MR) is 198 cm³/mol. The summed E-state index contributed by atoms with van der Waals surface area (Å²) in [6, 6.07) is 54.9. The monoisotopic (exact) mass is 639 g/mol. The lowest BCUT2D eigenvalue weighted by atomic mass is 9.92. The van der Waals surface area contributed by atoms with Crippen molar-refractivity contribution in [3.63, 3.8) is 0 Å². The van der Waals surface area contributed by atoms with Crippen molar-refractivity contribution < 1.29 is 4.42 Å². The minimum absolute atomic E-state index is 0.161. The van der Waals surface area contributed by atoms with Gasteiger partial charge in [0.15, 0.2) is 5.58 Å². The second kappa shape index (κ2) is 11.8. The Hall–Kier alpha value is -5.68. The summed E-state index contributed by atoms with van der Waals surface area (Å²) in [5, 5.41) is 12.5. The van der Waals surface area contributed by atoms with Crippen molar-refractivity contribution in [3.05, 3.63) is 179 Å².